The van der Waals surface area contributed by atoms with E-state index in [1.54, 1.807) is 0 Å². The first-order valence-corrected chi connectivity index (χ1v) is 4.12. The van der Waals surface area contributed by atoms with E-state index in [4.69, 9.17) is 5.84 Å². The fraction of sp³-hybridized carbons (Fsp3) is 1.00. The highest BCUT2D eigenvalue weighted by Gasteiger charge is 2.19. The first-order valence-electron chi connectivity index (χ1n) is 4.12. The second-order valence-corrected chi connectivity index (χ2v) is 3.30. The highest BCUT2D eigenvalue weighted by atomic mass is 15.2. The van der Waals surface area contributed by atoms with Gasteiger partial charge in [0.25, 0.3) is 0 Å². The van der Waals surface area contributed by atoms with Gasteiger partial charge in [-0.25, -0.2) is 0 Å². The SMILES string of the molecule is CCCC(C)(CC)CNN. The number of hydrogen-bond acceptors (Lipinski definition) is 2. The first kappa shape index (κ1) is 9.92. The molecule has 0 aromatic heterocycles. The Kier molecular flexibility index (Phi) is 4.65. The minimum absolute atomic E-state index is 0.406. The summed E-state index contributed by atoms with van der Waals surface area (Å²) in [7, 11) is 0. The second-order valence-electron chi connectivity index (χ2n) is 3.30. The van der Waals surface area contributed by atoms with Crippen molar-refractivity contribution >= 4 is 0 Å². The van der Waals surface area contributed by atoms with Gasteiger partial charge in [0.05, 0.1) is 0 Å². The maximum Gasteiger partial charge on any atom is 0.0151 e. The van der Waals surface area contributed by atoms with Crippen LogP contribution in [0.2, 0.25) is 0 Å². The summed E-state index contributed by atoms with van der Waals surface area (Å²) in [6.45, 7) is 7.63. The van der Waals surface area contributed by atoms with Crippen LogP contribution in [0.4, 0.5) is 0 Å². The monoisotopic (exact) mass is 144 g/mol. The van der Waals surface area contributed by atoms with Crippen LogP contribution in [-0.4, -0.2) is 6.54 Å². The zero-order valence-corrected chi connectivity index (χ0v) is 7.41. The standard InChI is InChI=1S/C8H20N2/c1-4-6-8(3,5-2)7-10-9/h10H,4-7,9H2,1-3H3. The lowest BCUT2D eigenvalue weighted by atomic mass is 9.83. The van der Waals surface area contributed by atoms with Crippen molar-refractivity contribution < 1.29 is 0 Å². The summed E-state index contributed by atoms with van der Waals surface area (Å²) in [4.78, 5) is 0. The van der Waals surface area contributed by atoms with Crippen LogP contribution < -0.4 is 11.3 Å². The molecule has 0 aliphatic carbocycles. The van der Waals surface area contributed by atoms with Gasteiger partial charge in [-0.05, 0) is 18.3 Å². The van der Waals surface area contributed by atoms with Crippen LogP contribution in [0.25, 0.3) is 0 Å². The Hall–Kier alpha value is -0.0800. The number of hydrogen-bond donors (Lipinski definition) is 2. The van der Waals surface area contributed by atoms with Crippen molar-refractivity contribution in [1.29, 1.82) is 0 Å². The lowest BCUT2D eigenvalue weighted by Crippen LogP contribution is -2.35. The topological polar surface area (TPSA) is 38.0 Å². The molecule has 1 unspecified atom stereocenters. The number of nitrogens with one attached hydrogen (secondary N) is 1. The molecule has 10 heavy (non-hydrogen) atoms. The van der Waals surface area contributed by atoms with Gasteiger partial charge in [-0.3, -0.25) is 11.3 Å². The van der Waals surface area contributed by atoms with E-state index in [0.29, 0.717) is 5.41 Å². The summed E-state index contributed by atoms with van der Waals surface area (Å²) >= 11 is 0. The molecule has 62 valence electrons. The van der Waals surface area contributed by atoms with E-state index >= 15 is 0 Å². The highest BCUT2D eigenvalue weighted by molar-refractivity contribution is 4.73. The van der Waals surface area contributed by atoms with Gasteiger partial charge < -0.3 is 0 Å². The Morgan fingerprint density at radius 3 is 2.30 bits per heavy atom. The molecule has 0 aromatic rings. The van der Waals surface area contributed by atoms with E-state index in [0.717, 1.165) is 6.54 Å². The van der Waals surface area contributed by atoms with Gasteiger partial charge >= 0.3 is 0 Å². The molecule has 0 heterocycles. The third-order valence-corrected chi connectivity index (χ3v) is 2.24. The molecule has 0 spiro atoms. The number of hydrazine groups is 1. The fourth-order valence-corrected chi connectivity index (χ4v) is 1.24. The molecular weight excluding hydrogens is 124 g/mol. The zero-order chi connectivity index (χ0) is 8.04. The van der Waals surface area contributed by atoms with E-state index in [1.807, 2.05) is 0 Å². The first-order chi connectivity index (χ1) is 4.68. The van der Waals surface area contributed by atoms with Gasteiger partial charge in [-0.15, -0.1) is 0 Å². The fourth-order valence-electron chi connectivity index (χ4n) is 1.24. The molecule has 0 fully saturated rings. The third kappa shape index (κ3) is 3.18. The molecule has 0 saturated heterocycles. The Labute approximate surface area is 64.2 Å². The Bertz CT molecular complexity index is 75.3. The molecule has 0 radical (unpaired) electrons. The summed E-state index contributed by atoms with van der Waals surface area (Å²) in [6.07, 6.45) is 3.70. The van der Waals surface area contributed by atoms with Gasteiger partial charge in [0.15, 0.2) is 0 Å². The largest absolute Gasteiger partial charge is 0.271 e. The molecule has 0 amide bonds. The minimum atomic E-state index is 0.406. The molecule has 2 nitrogen and oxygen atoms in total. The minimum Gasteiger partial charge on any atom is -0.271 e. The van der Waals surface area contributed by atoms with E-state index < -0.39 is 0 Å². The van der Waals surface area contributed by atoms with Crippen molar-refractivity contribution in [3.8, 4) is 0 Å². The summed E-state index contributed by atoms with van der Waals surface area (Å²) in [5, 5.41) is 0. The molecular formula is C8H20N2. The van der Waals surface area contributed by atoms with Gasteiger partial charge in [-0.1, -0.05) is 27.2 Å². The lowest BCUT2D eigenvalue weighted by molar-refractivity contribution is 0.268. The summed E-state index contributed by atoms with van der Waals surface area (Å²) in [6, 6.07) is 0. The predicted molar refractivity (Wildman–Crippen MR) is 45.5 cm³/mol. The lowest BCUT2D eigenvalue weighted by Gasteiger charge is -2.26. The number of rotatable bonds is 5. The van der Waals surface area contributed by atoms with Crippen molar-refractivity contribution in [2.75, 3.05) is 6.54 Å². The van der Waals surface area contributed by atoms with Crippen LogP contribution in [0.1, 0.15) is 40.0 Å². The average molecular weight is 144 g/mol. The van der Waals surface area contributed by atoms with Gasteiger partial charge in [0.2, 0.25) is 0 Å². The van der Waals surface area contributed by atoms with E-state index in [9.17, 15) is 0 Å². The van der Waals surface area contributed by atoms with Crippen molar-refractivity contribution in [1.82, 2.24) is 5.43 Å². The Morgan fingerprint density at radius 1 is 1.40 bits per heavy atom. The van der Waals surface area contributed by atoms with Crippen molar-refractivity contribution in [2.45, 2.75) is 40.0 Å². The maximum atomic E-state index is 5.27. The molecule has 0 saturated carbocycles. The smallest absolute Gasteiger partial charge is 0.0151 e. The molecule has 0 rings (SSSR count). The highest BCUT2D eigenvalue weighted by Crippen LogP contribution is 2.25. The van der Waals surface area contributed by atoms with Crippen molar-refractivity contribution in [3.05, 3.63) is 0 Å². The van der Waals surface area contributed by atoms with E-state index in [-0.39, 0.29) is 0 Å². The van der Waals surface area contributed by atoms with Crippen LogP contribution in [0, 0.1) is 5.41 Å². The Balaban J connectivity index is 3.69. The molecule has 2 heteroatoms. The zero-order valence-electron chi connectivity index (χ0n) is 7.41. The second kappa shape index (κ2) is 4.69. The van der Waals surface area contributed by atoms with Crippen LogP contribution in [0.3, 0.4) is 0 Å². The molecule has 1 atom stereocenters. The van der Waals surface area contributed by atoms with Crippen LogP contribution in [-0.2, 0) is 0 Å². The van der Waals surface area contributed by atoms with E-state index in [1.165, 1.54) is 19.3 Å². The quantitative estimate of drug-likeness (QED) is 0.455. The summed E-state index contributed by atoms with van der Waals surface area (Å²) in [5.41, 5.74) is 3.15. The molecule has 3 N–H and O–H groups in total. The summed E-state index contributed by atoms with van der Waals surface area (Å²) in [5.74, 6) is 5.27. The number of nitrogens with two attached hydrogens (primary N) is 1. The molecule has 0 aromatic carbocycles. The third-order valence-electron chi connectivity index (χ3n) is 2.24. The molecule has 0 aliphatic heterocycles. The van der Waals surface area contributed by atoms with E-state index in [2.05, 4.69) is 26.2 Å². The normalized spacial score (nSPS) is 16.8. The molecule has 0 aliphatic rings. The maximum absolute atomic E-state index is 5.27. The van der Waals surface area contributed by atoms with Crippen LogP contribution in [0.15, 0.2) is 0 Å². The van der Waals surface area contributed by atoms with Crippen molar-refractivity contribution in [3.63, 3.8) is 0 Å². The average Bonchev–Trinajstić information content (AvgIpc) is 1.89. The van der Waals surface area contributed by atoms with Gasteiger partial charge in [0, 0.05) is 6.54 Å². The van der Waals surface area contributed by atoms with Gasteiger partial charge in [0.1, 0.15) is 0 Å². The molecule has 0 bridgehead atoms. The van der Waals surface area contributed by atoms with Crippen molar-refractivity contribution in [2.24, 2.45) is 11.3 Å². The predicted octanol–water partition coefficient (Wildman–Crippen LogP) is 1.67. The van der Waals surface area contributed by atoms with Crippen LogP contribution in [0.5, 0.6) is 0 Å². The van der Waals surface area contributed by atoms with Gasteiger partial charge in [-0.2, -0.15) is 0 Å². The summed E-state index contributed by atoms with van der Waals surface area (Å²) < 4.78 is 0. The van der Waals surface area contributed by atoms with Crippen LogP contribution >= 0.6 is 0 Å². The Morgan fingerprint density at radius 2 is 2.00 bits per heavy atom.